The first-order valence-corrected chi connectivity index (χ1v) is 8.09. The maximum Gasteiger partial charge on any atom is 0.350 e. The Kier molecular flexibility index (Phi) is 5.62. The van der Waals surface area contributed by atoms with E-state index in [2.05, 4.69) is 24.1 Å². The van der Waals surface area contributed by atoms with E-state index in [9.17, 15) is 9.59 Å². The molecule has 1 saturated heterocycles. The SMILES string of the molecule is CCN(CC)Cc1cccc(NC=C2C(=O)OC(C)(C)OC2=O)c1. The van der Waals surface area contributed by atoms with Crippen LogP contribution in [0.1, 0.15) is 33.3 Å². The minimum atomic E-state index is -1.23. The summed E-state index contributed by atoms with van der Waals surface area (Å²) in [5, 5.41) is 2.97. The van der Waals surface area contributed by atoms with Crippen LogP contribution < -0.4 is 5.32 Å². The van der Waals surface area contributed by atoms with Gasteiger partial charge in [0.25, 0.3) is 5.79 Å². The first-order valence-electron chi connectivity index (χ1n) is 8.09. The molecule has 1 aromatic rings. The van der Waals surface area contributed by atoms with Gasteiger partial charge in [-0.2, -0.15) is 0 Å². The van der Waals surface area contributed by atoms with Crippen LogP contribution in [0.25, 0.3) is 0 Å². The average Bonchev–Trinajstić information content (AvgIpc) is 2.51. The Bertz CT molecular complexity index is 626. The van der Waals surface area contributed by atoms with Crippen molar-refractivity contribution in [2.45, 2.75) is 40.0 Å². The number of rotatable bonds is 6. The zero-order chi connectivity index (χ0) is 17.7. The molecule has 1 aromatic carbocycles. The van der Waals surface area contributed by atoms with Crippen LogP contribution >= 0.6 is 0 Å². The van der Waals surface area contributed by atoms with E-state index in [0.717, 1.165) is 30.9 Å². The monoisotopic (exact) mass is 332 g/mol. The van der Waals surface area contributed by atoms with Gasteiger partial charge in [0.1, 0.15) is 0 Å². The minimum Gasteiger partial charge on any atom is -0.419 e. The molecule has 0 bridgehead atoms. The Labute approximate surface area is 142 Å². The molecule has 24 heavy (non-hydrogen) atoms. The number of ether oxygens (including phenoxy) is 2. The van der Waals surface area contributed by atoms with Crippen LogP contribution in [0, 0.1) is 0 Å². The molecule has 0 aromatic heterocycles. The molecule has 0 radical (unpaired) electrons. The number of nitrogens with one attached hydrogen (secondary N) is 1. The van der Waals surface area contributed by atoms with E-state index >= 15 is 0 Å². The molecule has 1 aliphatic heterocycles. The molecule has 0 saturated carbocycles. The quantitative estimate of drug-likeness (QED) is 0.491. The van der Waals surface area contributed by atoms with Crippen molar-refractivity contribution in [3.63, 3.8) is 0 Å². The van der Waals surface area contributed by atoms with Gasteiger partial charge in [-0.05, 0) is 30.8 Å². The molecule has 0 atom stereocenters. The third-order valence-electron chi connectivity index (χ3n) is 3.73. The number of carbonyl (C=O) groups excluding carboxylic acids is 2. The highest BCUT2D eigenvalue weighted by molar-refractivity contribution is 6.15. The maximum atomic E-state index is 11.9. The van der Waals surface area contributed by atoms with Gasteiger partial charge in [-0.3, -0.25) is 4.90 Å². The van der Waals surface area contributed by atoms with Gasteiger partial charge in [0.15, 0.2) is 5.57 Å². The van der Waals surface area contributed by atoms with Crippen LogP contribution in [0.2, 0.25) is 0 Å². The molecule has 0 amide bonds. The third-order valence-corrected chi connectivity index (χ3v) is 3.73. The second kappa shape index (κ2) is 7.49. The van der Waals surface area contributed by atoms with E-state index in [4.69, 9.17) is 9.47 Å². The number of hydrogen-bond donors (Lipinski definition) is 1. The average molecular weight is 332 g/mol. The number of esters is 2. The van der Waals surface area contributed by atoms with Crippen molar-refractivity contribution in [3.8, 4) is 0 Å². The second-order valence-electron chi connectivity index (χ2n) is 6.04. The van der Waals surface area contributed by atoms with Crippen LogP contribution in [-0.2, 0) is 25.6 Å². The predicted octanol–water partition coefficient (Wildman–Crippen LogP) is 2.66. The van der Waals surface area contributed by atoms with Gasteiger partial charge in [-0.25, -0.2) is 9.59 Å². The largest absolute Gasteiger partial charge is 0.419 e. The van der Waals surface area contributed by atoms with Gasteiger partial charge >= 0.3 is 11.9 Å². The summed E-state index contributed by atoms with van der Waals surface area (Å²) < 4.78 is 10.1. The smallest absolute Gasteiger partial charge is 0.350 e. The summed E-state index contributed by atoms with van der Waals surface area (Å²) in [6.07, 6.45) is 1.33. The van der Waals surface area contributed by atoms with E-state index < -0.39 is 17.7 Å². The number of benzene rings is 1. The Hall–Kier alpha value is -2.34. The van der Waals surface area contributed by atoms with Crippen molar-refractivity contribution in [2.24, 2.45) is 0 Å². The highest BCUT2D eigenvalue weighted by atomic mass is 16.7. The molecule has 0 unspecified atom stereocenters. The fourth-order valence-corrected chi connectivity index (χ4v) is 2.40. The molecule has 2 rings (SSSR count). The standard InChI is InChI=1S/C18H24N2O4/c1-5-20(6-2)12-13-8-7-9-14(10-13)19-11-15-16(21)23-18(3,4)24-17(15)22/h7-11,19H,5-6,12H2,1-4H3. The summed E-state index contributed by atoms with van der Waals surface area (Å²) in [6, 6.07) is 7.83. The van der Waals surface area contributed by atoms with Crippen LogP contribution in [0.15, 0.2) is 36.0 Å². The van der Waals surface area contributed by atoms with Crippen molar-refractivity contribution in [1.29, 1.82) is 0 Å². The third kappa shape index (κ3) is 4.58. The van der Waals surface area contributed by atoms with Gasteiger partial charge in [0.05, 0.1) is 0 Å². The van der Waals surface area contributed by atoms with Crippen LogP contribution in [-0.4, -0.2) is 35.7 Å². The molecular formula is C18H24N2O4. The van der Waals surface area contributed by atoms with Gasteiger partial charge in [-0.15, -0.1) is 0 Å². The van der Waals surface area contributed by atoms with Gasteiger partial charge < -0.3 is 14.8 Å². The fourth-order valence-electron chi connectivity index (χ4n) is 2.40. The Morgan fingerprint density at radius 2 is 1.75 bits per heavy atom. The van der Waals surface area contributed by atoms with E-state index in [1.807, 2.05) is 24.3 Å². The first-order chi connectivity index (χ1) is 11.3. The Morgan fingerprint density at radius 1 is 1.12 bits per heavy atom. The minimum absolute atomic E-state index is 0.150. The second-order valence-corrected chi connectivity index (χ2v) is 6.04. The molecule has 1 fully saturated rings. The zero-order valence-electron chi connectivity index (χ0n) is 14.6. The van der Waals surface area contributed by atoms with Crippen LogP contribution in [0.4, 0.5) is 5.69 Å². The topological polar surface area (TPSA) is 67.9 Å². The number of nitrogens with zero attached hydrogens (tertiary/aromatic N) is 1. The summed E-state index contributed by atoms with van der Waals surface area (Å²) in [6.45, 7) is 10.1. The normalized spacial score (nSPS) is 16.6. The van der Waals surface area contributed by atoms with Crippen molar-refractivity contribution in [1.82, 2.24) is 4.90 Å². The van der Waals surface area contributed by atoms with Gasteiger partial charge in [0, 0.05) is 32.3 Å². The van der Waals surface area contributed by atoms with E-state index in [1.165, 1.54) is 20.0 Å². The highest BCUT2D eigenvalue weighted by Gasteiger charge is 2.38. The summed E-state index contributed by atoms with van der Waals surface area (Å²) in [7, 11) is 0. The number of hydrogen-bond acceptors (Lipinski definition) is 6. The molecule has 6 nitrogen and oxygen atoms in total. The van der Waals surface area contributed by atoms with E-state index in [1.54, 1.807) is 0 Å². The van der Waals surface area contributed by atoms with Crippen molar-refractivity contribution >= 4 is 17.6 Å². The summed E-state index contributed by atoms with van der Waals surface area (Å²) in [5.41, 5.74) is 1.79. The lowest BCUT2D eigenvalue weighted by Crippen LogP contribution is -2.42. The number of cyclic esters (lactones) is 2. The van der Waals surface area contributed by atoms with Crippen molar-refractivity contribution in [3.05, 3.63) is 41.6 Å². The predicted molar refractivity (Wildman–Crippen MR) is 91.0 cm³/mol. The fraction of sp³-hybridized carbons (Fsp3) is 0.444. The summed E-state index contributed by atoms with van der Waals surface area (Å²) in [4.78, 5) is 26.1. The lowest BCUT2D eigenvalue weighted by Gasteiger charge is -2.29. The Balaban J connectivity index is 2.09. The molecule has 130 valence electrons. The highest BCUT2D eigenvalue weighted by Crippen LogP contribution is 2.23. The lowest BCUT2D eigenvalue weighted by atomic mass is 10.2. The molecule has 1 aliphatic rings. The van der Waals surface area contributed by atoms with Gasteiger partial charge in [0.2, 0.25) is 0 Å². The molecule has 0 aliphatic carbocycles. The van der Waals surface area contributed by atoms with Crippen molar-refractivity contribution in [2.75, 3.05) is 18.4 Å². The summed E-state index contributed by atoms with van der Waals surface area (Å²) in [5.74, 6) is -2.61. The lowest BCUT2D eigenvalue weighted by molar-refractivity contribution is -0.222. The zero-order valence-corrected chi connectivity index (χ0v) is 14.6. The molecule has 0 spiro atoms. The van der Waals surface area contributed by atoms with Gasteiger partial charge in [-0.1, -0.05) is 26.0 Å². The van der Waals surface area contributed by atoms with Crippen LogP contribution in [0.3, 0.4) is 0 Å². The van der Waals surface area contributed by atoms with Crippen molar-refractivity contribution < 1.29 is 19.1 Å². The molecular weight excluding hydrogens is 308 g/mol. The number of anilines is 1. The molecule has 6 heteroatoms. The maximum absolute atomic E-state index is 11.9. The van der Waals surface area contributed by atoms with E-state index in [-0.39, 0.29) is 5.57 Å². The summed E-state index contributed by atoms with van der Waals surface area (Å²) >= 11 is 0. The molecule has 1 heterocycles. The number of carbonyl (C=O) groups is 2. The van der Waals surface area contributed by atoms with Crippen LogP contribution in [0.5, 0.6) is 0 Å². The molecule has 1 N–H and O–H groups in total. The first kappa shape index (κ1) is 18.0. The Morgan fingerprint density at radius 3 is 2.33 bits per heavy atom. The van der Waals surface area contributed by atoms with E-state index in [0.29, 0.717) is 0 Å².